The minimum atomic E-state index is -0.264. The topological polar surface area (TPSA) is 69.0 Å². The summed E-state index contributed by atoms with van der Waals surface area (Å²) >= 11 is 1.32. The zero-order chi connectivity index (χ0) is 20.8. The van der Waals surface area contributed by atoms with Gasteiger partial charge in [-0.3, -0.25) is 14.5 Å². The van der Waals surface area contributed by atoms with Gasteiger partial charge in [0.15, 0.2) is 11.5 Å². The Bertz CT molecular complexity index is 904. The van der Waals surface area contributed by atoms with Crippen LogP contribution in [0.25, 0.3) is 5.57 Å². The van der Waals surface area contributed by atoms with Crippen LogP contribution in [0.2, 0.25) is 0 Å². The van der Waals surface area contributed by atoms with E-state index in [0.29, 0.717) is 39.8 Å². The quantitative estimate of drug-likeness (QED) is 0.420. The van der Waals surface area contributed by atoms with Gasteiger partial charge in [-0.05, 0) is 36.2 Å². The second-order valence-corrected chi connectivity index (χ2v) is 7.60. The van der Waals surface area contributed by atoms with Crippen LogP contribution >= 0.6 is 11.8 Å². The van der Waals surface area contributed by atoms with Gasteiger partial charge in [-0.2, -0.15) is 0 Å². The fraction of sp³-hybridized carbons (Fsp3) is 0.364. The largest absolute Gasteiger partial charge is 0.493 e. The molecule has 0 N–H and O–H groups in total. The molecule has 0 saturated heterocycles. The first kappa shape index (κ1) is 21.0. The Morgan fingerprint density at radius 1 is 1.03 bits per heavy atom. The number of ether oxygens (including phenoxy) is 2. The monoisotopic (exact) mass is 415 g/mol. The highest BCUT2D eigenvalue weighted by Gasteiger charge is 2.39. The molecule has 1 aliphatic heterocycles. The molecule has 0 spiro atoms. The molecular weight excluding hydrogens is 390 g/mol. The summed E-state index contributed by atoms with van der Waals surface area (Å²) in [7, 11) is 3.10. The number of furan rings is 1. The summed E-state index contributed by atoms with van der Waals surface area (Å²) in [5, 5.41) is 0. The lowest BCUT2D eigenvalue weighted by molar-refractivity contribution is -0.136. The van der Waals surface area contributed by atoms with Crippen LogP contribution in [0.15, 0.2) is 45.9 Å². The maximum absolute atomic E-state index is 13.2. The summed E-state index contributed by atoms with van der Waals surface area (Å²) in [6, 6.07) is 8.92. The second kappa shape index (κ2) is 9.69. The molecule has 0 bridgehead atoms. The maximum Gasteiger partial charge on any atom is 0.267 e. The molecule has 2 amide bonds. The third-order valence-electron chi connectivity index (χ3n) is 4.72. The molecule has 2 aromatic rings. The highest BCUT2D eigenvalue weighted by atomic mass is 32.2. The number of benzene rings is 1. The van der Waals surface area contributed by atoms with E-state index >= 15 is 0 Å². The van der Waals surface area contributed by atoms with Crippen molar-refractivity contribution < 1.29 is 23.5 Å². The summed E-state index contributed by atoms with van der Waals surface area (Å²) in [5.74, 6) is 1.79. The summed E-state index contributed by atoms with van der Waals surface area (Å²) in [6.45, 7) is 2.51. The summed E-state index contributed by atoms with van der Waals surface area (Å²) in [6.07, 6.45) is 4.38. The normalized spacial score (nSPS) is 14.1. The van der Waals surface area contributed by atoms with Gasteiger partial charge in [0.05, 0.1) is 36.7 Å². The van der Waals surface area contributed by atoms with Gasteiger partial charge in [0.25, 0.3) is 11.8 Å². The Morgan fingerprint density at radius 2 is 1.83 bits per heavy atom. The molecule has 0 radical (unpaired) electrons. The molecule has 3 rings (SSSR count). The third kappa shape index (κ3) is 4.50. The van der Waals surface area contributed by atoms with E-state index in [4.69, 9.17) is 13.9 Å². The second-order valence-electron chi connectivity index (χ2n) is 6.61. The number of nitrogens with zero attached hydrogens (tertiary/aromatic N) is 1. The minimum absolute atomic E-state index is 0.243. The molecule has 1 aromatic heterocycles. The smallest absolute Gasteiger partial charge is 0.267 e. The molecule has 0 saturated carbocycles. The van der Waals surface area contributed by atoms with Crippen LogP contribution in [0.4, 0.5) is 0 Å². The van der Waals surface area contributed by atoms with Crippen molar-refractivity contribution in [2.24, 2.45) is 0 Å². The van der Waals surface area contributed by atoms with Crippen molar-refractivity contribution in [2.75, 3.05) is 20.8 Å². The SMILES string of the molecule is CCCCCN1C(=O)C(SCc2ccco2)=C(c2ccc(OC)c(OC)c2)C1=O. The number of amides is 2. The van der Waals surface area contributed by atoms with Gasteiger partial charge in [0, 0.05) is 6.54 Å². The third-order valence-corrected chi connectivity index (χ3v) is 5.82. The lowest BCUT2D eigenvalue weighted by Crippen LogP contribution is -2.32. The van der Waals surface area contributed by atoms with E-state index in [2.05, 4.69) is 6.92 Å². The van der Waals surface area contributed by atoms with Crippen molar-refractivity contribution in [3.05, 3.63) is 52.8 Å². The summed E-state index contributed by atoms with van der Waals surface area (Å²) in [5.41, 5.74) is 1.05. The van der Waals surface area contributed by atoms with Crippen LogP contribution < -0.4 is 9.47 Å². The summed E-state index contributed by atoms with van der Waals surface area (Å²) < 4.78 is 16.1. The number of hydrogen-bond acceptors (Lipinski definition) is 6. The molecule has 29 heavy (non-hydrogen) atoms. The van der Waals surface area contributed by atoms with E-state index in [9.17, 15) is 9.59 Å². The van der Waals surface area contributed by atoms with Crippen LogP contribution in [0.5, 0.6) is 11.5 Å². The highest BCUT2D eigenvalue weighted by molar-refractivity contribution is 8.03. The summed E-state index contributed by atoms with van der Waals surface area (Å²) in [4.78, 5) is 28.0. The van der Waals surface area contributed by atoms with Gasteiger partial charge >= 0.3 is 0 Å². The van der Waals surface area contributed by atoms with Gasteiger partial charge < -0.3 is 13.9 Å². The lowest BCUT2D eigenvalue weighted by atomic mass is 10.1. The van der Waals surface area contributed by atoms with Crippen LogP contribution in [-0.2, 0) is 15.3 Å². The standard InChI is InChI=1S/C22H25NO5S/c1-4-5-6-11-23-21(24)19(15-9-10-17(26-2)18(13-15)27-3)20(22(23)25)29-14-16-8-7-12-28-16/h7-10,12-13H,4-6,11,14H2,1-3H3. The molecule has 0 unspecified atom stereocenters. The molecular formula is C22H25NO5S. The number of hydrogen-bond donors (Lipinski definition) is 0. The Morgan fingerprint density at radius 3 is 2.48 bits per heavy atom. The molecule has 1 aromatic carbocycles. The predicted molar refractivity (Wildman–Crippen MR) is 113 cm³/mol. The van der Waals surface area contributed by atoms with Gasteiger partial charge in [0.2, 0.25) is 0 Å². The van der Waals surface area contributed by atoms with Crippen LogP contribution in [0, 0.1) is 0 Å². The Balaban J connectivity index is 1.96. The average molecular weight is 416 g/mol. The average Bonchev–Trinajstić information content (AvgIpc) is 3.33. The van der Waals surface area contributed by atoms with Crippen molar-refractivity contribution in [1.29, 1.82) is 0 Å². The number of unbranched alkanes of at least 4 members (excludes halogenated alkanes) is 2. The molecule has 2 heterocycles. The number of carbonyl (C=O) groups is 2. The number of thioether (sulfide) groups is 1. The van der Waals surface area contributed by atoms with E-state index in [1.165, 1.54) is 16.7 Å². The van der Waals surface area contributed by atoms with E-state index < -0.39 is 0 Å². The molecule has 0 atom stereocenters. The number of carbonyl (C=O) groups excluding carboxylic acids is 2. The number of methoxy groups -OCH3 is 2. The van der Waals surface area contributed by atoms with E-state index in [1.54, 1.807) is 44.7 Å². The van der Waals surface area contributed by atoms with Crippen molar-refractivity contribution in [2.45, 2.75) is 31.9 Å². The van der Waals surface area contributed by atoms with E-state index in [1.807, 2.05) is 6.07 Å². The molecule has 154 valence electrons. The van der Waals surface area contributed by atoms with Crippen LogP contribution in [0.1, 0.15) is 37.5 Å². The molecule has 0 aliphatic carbocycles. The van der Waals surface area contributed by atoms with Gasteiger partial charge in [0.1, 0.15) is 5.76 Å². The highest BCUT2D eigenvalue weighted by Crippen LogP contribution is 2.40. The first-order chi connectivity index (χ1) is 14.1. The van der Waals surface area contributed by atoms with Gasteiger partial charge in [-0.25, -0.2) is 0 Å². The molecule has 1 aliphatic rings. The maximum atomic E-state index is 13.2. The fourth-order valence-corrected chi connectivity index (χ4v) is 4.23. The zero-order valence-corrected chi connectivity index (χ0v) is 17.7. The molecule has 0 fully saturated rings. The first-order valence-electron chi connectivity index (χ1n) is 9.58. The van der Waals surface area contributed by atoms with E-state index in [0.717, 1.165) is 25.0 Å². The lowest BCUT2D eigenvalue weighted by Gasteiger charge is -2.15. The molecule has 7 heteroatoms. The molecule has 6 nitrogen and oxygen atoms in total. The fourth-order valence-electron chi connectivity index (χ4n) is 3.20. The first-order valence-corrected chi connectivity index (χ1v) is 10.6. The Kier molecular flexibility index (Phi) is 7.04. The van der Waals surface area contributed by atoms with Gasteiger partial charge in [-0.15, -0.1) is 11.8 Å². The van der Waals surface area contributed by atoms with Crippen molar-refractivity contribution in [3.63, 3.8) is 0 Å². The van der Waals surface area contributed by atoms with Crippen LogP contribution in [-0.4, -0.2) is 37.5 Å². The van der Waals surface area contributed by atoms with Crippen molar-refractivity contribution in [3.8, 4) is 11.5 Å². The van der Waals surface area contributed by atoms with E-state index in [-0.39, 0.29) is 11.8 Å². The Labute approximate surface area is 174 Å². The Hall–Kier alpha value is -2.67. The van der Waals surface area contributed by atoms with Crippen LogP contribution in [0.3, 0.4) is 0 Å². The minimum Gasteiger partial charge on any atom is -0.493 e. The predicted octanol–water partition coefficient (Wildman–Crippen LogP) is 4.50. The van der Waals surface area contributed by atoms with Crippen molar-refractivity contribution >= 4 is 29.1 Å². The van der Waals surface area contributed by atoms with Crippen molar-refractivity contribution in [1.82, 2.24) is 4.90 Å². The number of imide groups is 1. The van der Waals surface area contributed by atoms with Gasteiger partial charge in [-0.1, -0.05) is 25.8 Å². The zero-order valence-electron chi connectivity index (χ0n) is 16.9. The number of rotatable bonds is 10.